The van der Waals surface area contributed by atoms with E-state index in [0.29, 0.717) is 11.4 Å². The van der Waals surface area contributed by atoms with Crippen molar-refractivity contribution in [2.45, 2.75) is 0 Å². The van der Waals surface area contributed by atoms with Crippen LogP contribution in [0.4, 0.5) is 0 Å². The number of hydrogen-bond donors (Lipinski definition) is 2. The van der Waals surface area contributed by atoms with Crippen LogP contribution in [0.2, 0.25) is 0 Å². The van der Waals surface area contributed by atoms with E-state index >= 15 is 0 Å². The first-order valence-electron chi connectivity index (χ1n) is 9.38. The summed E-state index contributed by atoms with van der Waals surface area (Å²) in [7, 11) is 9.71. The maximum atomic E-state index is 11.0. The van der Waals surface area contributed by atoms with E-state index in [1.165, 1.54) is 0 Å². The molecule has 0 aliphatic heterocycles. The molecule has 2 aromatic carbocycles. The molecule has 33 heavy (non-hydrogen) atoms. The number of aromatic carboxylic acids is 2. The Morgan fingerprint density at radius 3 is 1.12 bits per heavy atom. The minimum absolute atomic E-state index is 0.241. The van der Waals surface area contributed by atoms with Crippen molar-refractivity contribution in [2.24, 2.45) is 0 Å². The third kappa shape index (κ3) is 6.45. The minimum atomic E-state index is -0.956. The number of carbonyl (C=O) groups is 2. The molecule has 2 aromatic heterocycles. The van der Waals surface area contributed by atoms with Gasteiger partial charge in [0, 0.05) is 23.5 Å². The molecule has 2 heterocycles. The van der Waals surface area contributed by atoms with Gasteiger partial charge in [0.05, 0.1) is 22.5 Å². The van der Waals surface area contributed by atoms with Gasteiger partial charge < -0.3 is 10.2 Å². The number of aromatic nitrogens is 2. The number of carboxylic acids is 2. The van der Waals surface area contributed by atoms with Crippen LogP contribution in [0.25, 0.3) is 33.6 Å². The first-order valence-corrected chi connectivity index (χ1v) is 13.9. The van der Waals surface area contributed by atoms with Crippen molar-refractivity contribution in [3.8, 4) is 33.6 Å². The fraction of sp³-hybridized carbons (Fsp3) is 0. The van der Waals surface area contributed by atoms with Gasteiger partial charge in [0.15, 0.2) is 0 Å². The predicted molar refractivity (Wildman–Crippen MR) is 124 cm³/mol. The molecule has 0 atom stereocenters. The van der Waals surface area contributed by atoms with Gasteiger partial charge >= 0.3 is 46.5 Å². The number of halogens is 2. The zero-order valence-electron chi connectivity index (χ0n) is 16.8. The molecule has 0 radical (unpaired) electrons. The standard InChI is InChI=1S/C24H16N2O4.2ClH.Ru/c27-23(28)17-5-1-15(2-6-17)19-9-11-21(25-13-19)22-12-10-20(14-26-22)16-3-7-18(8-4-16)24(29)30;;;/h1-14H,(H,27,28)(H,29,30);2*1H;/q;;;+2/p-2. The molecule has 0 aliphatic rings. The van der Waals surface area contributed by atoms with Gasteiger partial charge in [-0.2, -0.15) is 0 Å². The van der Waals surface area contributed by atoms with Gasteiger partial charge in [-0.15, -0.1) is 0 Å². The second kappa shape index (κ2) is 11.7. The predicted octanol–water partition coefficient (Wildman–Crippen LogP) is 6.25. The van der Waals surface area contributed by atoms with Crippen LogP contribution in [0, 0.1) is 0 Å². The number of rotatable bonds is 5. The topological polar surface area (TPSA) is 100 Å². The molecule has 168 valence electrons. The molecule has 4 aromatic rings. The van der Waals surface area contributed by atoms with E-state index in [1.54, 1.807) is 60.9 Å². The summed E-state index contributed by atoms with van der Waals surface area (Å²) in [5.41, 5.74) is 5.44. The summed E-state index contributed by atoms with van der Waals surface area (Å²) in [6, 6.07) is 20.8. The van der Waals surface area contributed by atoms with Gasteiger partial charge in [-0.25, -0.2) is 9.59 Å². The van der Waals surface area contributed by atoms with Gasteiger partial charge in [0.1, 0.15) is 0 Å². The normalized spacial score (nSPS) is 10.2. The summed E-state index contributed by atoms with van der Waals surface area (Å²) in [4.78, 5) is 30.9. The molecule has 0 amide bonds. The SMILES string of the molecule is O=C(O)c1ccc(-c2ccc(-c3ccc(-c4ccc(C(=O)O)cc4)cn3)nc2)cc1.[Cl][Ru][Cl]. The molecule has 0 saturated carbocycles. The summed E-state index contributed by atoms with van der Waals surface area (Å²) in [6.45, 7) is 0. The Morgan fingerprint density at radius 2 is 0.879 bits per heavy atom. The Hall–Kier alpha value is -3.12. The van der Waals surface area contributed by atoms with Gasteiger partial charge in [-0.05, 0) is 47.5 Å². The van der Waals surface area contributed by atoms with E-state index in [1.807, 2.05) is 24.3 Å². The summed E-state index contributed by atoms with van der Waals surface area (Å²) in [5, 5.41) is 18.0. The Kier molecular flexibility index (Phi) is 8.67. The van der Waals surface area contributed by atoms with Crippen LogP contribution in [-0.2, 0) is 15.1 Å². The summed E-state index contributed by atoms with van der Waals surface area (Å²) in [5.74, 6) is -1.91. The second-order valence-electron chi connectivity index (χ2n) is 6.68. The first-order chi connectivity index (χ1) is 15.9. The van der Waals surface area contributed by atoms with Gasteiger partial charge in [-0.1, -0.05) is 36.4 Å². The monoisotopic (exact) mass is 568 g/mol. The summed E-state index contributed by atoms with van der Waals surface area (Å²) in [6.07, 6.45) is 3.46. The van der Waals surface area contributed by atoms with E-state index in [-0.39, 0.29) is 26.3 Å². The van der Waals surface area contributed by atoms with E-state index in [9.17, 15) is 9.59 Å². The molecule has 6 nitrogen and oxygen atoms in total. The van der Waals surface area contributed by atoms with E-state index < -0.39 is 11.9 Å². The van der Waals surface area contributed by atoms with Crippen LogP contribution in [0.5, 0.6) is 0 Å². The molecule has 2 N–H and O–H groups in total. The molecule has 0 bridgehead atoms. The van der Waals surface area contributed by atoms with Crippen molar-refractivity contribution < 1.29 is 34.9 Å². The second-order valence-corrected chi connectivity index (χ2v) is 9.32. The van der Waals surface area contributed by atoms with Gasteiger partial charge in [0.25, 0.3) is 0 Å². The van der Waals surface area contributed by atoms with E-state index in [4.69, 9.17) is 29.6 Å². The van der Waals surface area contributed by atoms with Crippen molar-refractivity contribution in [3.63, 3.8) is 0 Å². The van der Waals surface area contributed by atoms with Crippen molar-refractivity contribution in [2.75, 3.05) is 0 Å². The third-order valence-electron chi connectivity index (χ3n) is 4.72. The van der Waals surface area contributed by atoms with E-state index in [0.717, 1.165) is 22.3 Å². The summed E-state index contributed by atoms with van der Waals surface area (Å²) >= 11 is -0.346. The molecule has 0 unspecified atom stereocenters. The van der Waals surface area contributed by atoms with Crippen molar-refractivity contribution in [1.29, 1.82) is 0 Å². The van der Waals surface area contributed by atoms with Crippen LogP contribution < -0.4 is 0 Å². The average Bonchev–Trinajstić information content (AvgIpc) is 2.85. The molecule has 0 spiro atoms. The fourth-order valence-electron chi connectivity index (χ4n) is 3.04. The molecule has 0 aliphatic carbocycles. The Labute approximate surface area is 205 Å². The fourth-order valence-corrected chi connectivity index (χ4v) is 3.04. The average molecular weight is 568 g/mol. The summed E-state index contributed by atoms with van der Waals surface area (Å²) < 4.78 is 0. The van der Waals surface area contributed by atoms with Crippen LogP contribution >= 0.6 is 19.4 Å². The van der Waals surface area contributed by atoms with E-state index in [2.05, 4.69) is 9.97 Å². The number of pyridine rings is 2. The molecular formula is C24H16Cl2N2O4Ru. The number of benzene rings is 2. The Balaban J connectivity index is 0.000000968. The maximum absolute atomic E-state index is 11.0. The Morgan fingerprint density at radius 1 is 0.576 bits per heavy atom. The number of carboxylic acid groups (broad SMARTS) is 2. The molecule has 4 rings (SSSR count). The van der Waals surface area contributed by atoms with Crippen LogP contribution in [0.15, 0.2) is 85.2 Å². The van der Waals surface area contributed by atoms with Crippen LogP contribution in [0.1, 0.15) is 20.7 Å². The van der Waals surface area contributed by atoms with Crippen molar-refractivity contribution in [1.82, 2.24) is 9.97 Å². The molecule has 9 heteroatoms. The van der Waals surface area contributed by atoms with Crippen molar-refractivity contribution >= 4 is 31.3 Å². The van der Waals surface area contributed by atoms with Crippen molar-refractivity contribution in [3.05, 3.63) is 96.3 Å². The number of hydrogen-bond acceptors (Lipinski definition) is 4. The van der Waals surface area contributed by atoms with Crippen LogP contribution in [0.3, 0.4) is 0 Å². The number of nitrogens with zero attached hydrogens (tertiary/aromatic N) is 2. The molecule has 0 saturated heterocycles. The zero-order valence-corrected chi connectivity index (χ0v) is 20.0. The van der Waals surface area contributed by atoms with Gasteiger partial charge in [0.2, 0.25) is 0 Å². The van der Waals surface area contributed by atoms with Gasteiger partial charge in [-0.3, -0.25) is 9.97 Å². The molecule has 0 fully saturated rings. The zero-order chi connectivity index (χ0) is 23.8. The Bertz CT molecular complexity index is 1130. The first kappa shape index (κ1) is 24.5. The quantitative estimate of drug-likeness (QED) is 0.276. The van der Waals surface area contributed by atoms with Crippen LogP contribution in [-0.4, -0.2) is 32.1 Å². The third-order valence-corrected chi connectivity index (χ3v) is 4.72. The molecular weight excluding hydrogens is 552 g/mol.